The summed E-state index contributed by atoms with van der Waals surface area (Å²) >= 11 is 1.59. The van der Waals surface area contributed by atoms with E-state index in [4.69, 9.17) is 10.5 Å². The summed E-state index contributed by atoms with van der Waals surface area (Å²) in [5.41, 5.74) is 6.54. The number of aryl methyl sites for hydroxylation is 2. The number of nitrogens with two attached hydrogens (primary N) is 1. The zero-order valence-electron chi connectivity index (χ0n) is 10.6. The molecule has 0 radical (unpaired) electrons. The van der Waals surface area contributed by atoms with Crippen LogP contribution in [0.2, 0.25) is 0 Å². The lowest BCUT2D eigenvalue weighted by Crippen LogP contribution is -2.50. The van der Waals surface area contributed by atoms with Gasteiger partial charge in [-0.05, 0) is 30.9 Å². The van der Waals surface area contributed by atoms with Crippen molar-refractivity contribution in [2.45, 2.75) is 25.4 Å². The van der Waals surface area contributed by atoms with E-state index in [1.165, 1.54) is 16.9 Å². The summed E-state index contributed by atoms with van der Waals surface area (Å²) < 4.78 is 5.25. The fourth-order valence-electron chi connectivity index (χ4n) is 2.60. The first-order valence-corrected chi connectivity index (χ1v) is 7.28. The topological polar surface area (TPSA) is 72.6 Å². The second-order valence-electron chi connectivity index (χ2n) is 4.93. The van der Waals surface area contributed by atoms with Crippen molar-refractivity contribution >= 4 is 23.2 Å². The van der Waals surface area contributed by atoms with Crippen LogP contribution in [0.3, 0.4) is 0 Å². The van der Waals surface area contributed by atoms with Crippen molar-refractivity contribution in [3.63, 3.8) is 0 Å². The van der Waals surface area contributed by atoms with Crippen molar-refractivity contribution in [3.8, 4) is 0 Å². The third-order valence-electron chi connectivity index (χ3n) is 3.63. The number of thiophene rings is 1. The van der Waals surface area contributed by atoms with Gasteiger partial charge in [-0.1, -0.05) is 0 Å². The Balaban J connectivity index is 1.74. The smallest absolute Gasteiger partial charge is 0.264 e. The van der Waals surface area contributed by atoms with E-state index in [-0.39, 0.29) is 12.5 Å². The van der Waals surface area contributed by atoms with Crippen molar-refractivity contribution in [2.24, 2.45) is 5.73 Å². The monoisotopic (exact) mass is 280 g/mol. The number of primary amides is 1. The number of carbonyl (C=O) groups is 2. The quantitative estimate of drug-likeness (QED) is 0.860. The van der Waals surface area contributed by atoms with Crippen molar-refractivity contribution in [2.75, 3.05) is 19.7 Å². The molecule has 1 aromatic rings. The second-order valence-corrected chi connectivity index (χ2v) is 6.06. The minimum absolute atomic E-state index is 0.00560. The Hall–Kier alpha value is -1.40. The largest absolute Gasteiger partial charge is 0.367 e. The molecule has 0 spiro atoms. The summed E-state index contributed by atoms with van der Waals surface area (Å²) in [4.78, 5) is 27.3. The van der Waals surface area contributed by atoms with E-state index in [0.29, 0.717) is 13.2 Å². The molecule has 19 heavy (non-hydrogen) atoms. The maximum atomic E-state index is 12.4. The highest BCUT2D eigenvalue weighted by atomic mass is 32.1. The SMILES string of the molecule is NC(=O)C1CN(C(=O)c2cc3c(s2)CCC3)CCO1. The third-order valence-corrected chi connectivity index (χ3v) is 4.85. The minimum Gasteiger partial charge on any atom is -0.367 e. The molecule has 5 nitrogen and oxygen atoms in total. The lowest BCUT2D eigenvalue weighted by atomic mass is 10.2. The molecule has 1 fully saturated rings. The Kier molecular flexibility index (Phi) is 3.28. The summed E-state index contributed by atoms with van der Waals surface area (Å²) in [7, 11) is 0. The van der Waals surface area contributed by atoms with Gasteiger partial charge in [-0.2, -0.15) is 0 Å². The van der Waals surface area contributed by atoms with Gasteiger partial charge in [0.1, 0.15) is 0 Å². The zero-order valence-corrected chi connectivity index (χ0v) is 11.4. The number of rotatable bonds is 2. The summed E-state index contributed by atoms with van der Waals surface area (Å²) in [5, 5.41) is 0. The van der Waals surface area contributed by atoms with Crippen LogP contribution < -0.4 is 5.73 Å². The van der Waals surface area contributed by atoms with Gasteiger partial charge in [0.15, 0.2) is 6.10 Å². The van der Waals surface area contributed by atoms with E-state index < -0.39 is 12.0 Å². The van der Waals surface area contributed by atoms with Crippen LogP contribution in [0.4, 0.5) is 0 Å². The highest BCUT2D eigenvalue weighted by Gasteiger charge is 2.29. The van der Waals surface area contributed by atoms with Crippen LogP contribution >= 0.6 is 11.3 Å². The normalized spacial score (nSPS) is 22.3. The number of fused-ring (bicyclic) bond motifs is 1. The maximum absolute atomic E-state index is 12.4. The van der Waals surface area contributed by atoms with Gasteiger partial charge in [0.25, 0.3) is 5.91 Å². The predicted octanol–water partition coefficient (Wildman–Crippen LogP) is 0.563. The number of amides is 2. The summed E-state index contributed by atoms with van der Waals surface area (Å²) in [6, 6.07) is 2.00. The fourth-order valence-corrected chi connectivity index (χ4v) is 3.82. The Labute approximate surface area is 115 Å². The Bertz CT molecular complexity index is 504. The van der Waals surface area contributed by atoms with E-state index in [1.807, 2.05) is 6.07 Å². The van der Waals surface area contributed by atoms with Crippen LogP contribution in [0.25, 0.3) is 0 Å². The molecule has 1 aliphatic carbocycles. The van der Waals surface area contributed by atoms with E-state index in [2.05, 4.69) is 0 Å². The van der Waals surface area contributed by atoms with Gasteiger partial charge < -0.3 is 15.4 Å². The fraction of sp³-hybridized carbons (Fsp3) is 0.538. The maximum Gasteiger partial charge on any atom is 0.264 e. The van der Waals surface area contributed by atoms with Crippen LogP contribution in [-0.4, -0.2) is 42.5 Å². The average molecular weight is 280 g/mol. The minimum atomic E-state index is -0.676. The highest BCUT2D eigenvalue weighted by Crippen LogP contribution is 2.31. The molecule has 1 atom stereocenters. The first kappa shape index (κ1) is 12.6. The molecule has 2 heterocycles. The molecule has 0 bridgehead atoms. The first-order chi connectivity index (χ1) is 9.15. The summed E-state index contributed by atoms with van der Waals surface area (Å²) in [5.74, 6) is -0.514. The number of nitrogens with zero attached hydrogens (tertiary/aromatic N) is 1. The lowest BCUT2D eigenvalue weighted by Gasteiger charge is -2.31. The second kappa shape index (κ2) is 4.94. The van der Waals surface area contributed by atoms with E-state index in [1.54, 1.807) is 16.2 Å². The number of morpholine rings is 1. The number of hydrogen-bond donors (Lipinski definition) is 1. The Morgan fingerprint density at radius 1 is 1.42 bits per heavy atom. The third kappa shape index (κ3) is 2.37. The van der Waals surface area contributed by atoms with Gasteiger partial charge >= 0.3 is 0 Å². The molecule has 1 aliphatic heterocycles. The zero-order chi connectivity index (χ0) is 13.4. The van der Waals surface area contributed by atoms with E-state index in [9.17, 15) is 9.59 Å². The molecule has 102 valence electrons. The average Bonchev–Trinajstić information content (AvgIpc) is 2.98. The number of hydrogen-bond acceptors (Lipinski definition) is 4. The molecule has 1 aromatic heterocycles. The number of carbonyl (C=O) groups excluding carboxylic acids is 2. The van der Waals surface area contributed by atoms with Crippen molar-refractivity contribution in [1.82, 2.24) is 4.90 Å². The van der Waals surface area contributed by atoms with E-state index >= 15 is 0 Å². The van der Waals surface area contributed by atoms with Crippen molar-refractivity contribution < 1.29 is 14.3 Å². The number of ether oxygens (including phenoxy) is 1. The van der Waals surface area contributed by atoms with Crippen LogP contribution in [0.15, 0.2) is 6.07 Å². The highest BCUT2D eigenvalue weighted by molar-refractivity contribution is 7.14. The predicted molar refractivity (Wildman–Crippen MR) is 71.2 cm³/mol. The van der Waals surface area contributed by atoms with Crippen LogP contribution in [0, 0.1) is 0 Å². The summed E-state index contributed by atoms with van der Waals surface area (Å²) in [6.45, 7) is 1.15. The lowest BCUT2D eigenvalue weighted by molar-refractivity contribution is -0.133. The molecule has 2 aliphatic rings. The van der Waals surface area contributed by atoms with Crippen LogP contribution in [0.5, 0.6) is 0 Å². The van der Waals surface area contributed by atoms with Crippen LogP contribution in [0.1, 0.15) is 26.5 Å². The molecule has 1 saturated heterocycles. The Morgan fingerprint density at radius 3 is 3.00 bits per heavy atom. The molecule has 2 amide bonds. The molecule has 1 unspecified atom stereocenters. The van der Waals surface area contributed by atoms with Gasteiger partial charge in [-0.3, -0.25) is 9.59 Å². The molecule has 3 rings (SSSR count). The van der Waals surface area contributed by atoms with Crippen molar-refractivity contribution in [1.29, 1.82) is 0 Å². The van der Waals surface area contributed by atoms with Gasteiger partial charge in [-0.15, -0.1) is 11.3 Å². The van der Waals surface area contributed by atoms with E-state index in [0.717, 1.165) is 17.7 Å². The molecule has 0 aromatic carbocycles. The van der Waals surface area contributed by atoms with Gasteiger partial charge in [0, 0.05) is 11.4 Å². The van der Waals surface area contributed by atoms with Gasteiger partial charge in [-0.25, -0.2) is 0 Å². The van der Waals surface area contributed by atoms with Crippen LogP contribution in [-0.2, 0) is 22.4 Å². The van der Waals surface area contributed by atoms with Gasteiger partial charge in [0.05, 0.1) is 18.0 Å². The van der Waals surface area contributed by atoms with Crippen molar-refractivity contribution in [3.05, 3.63) is 21.4 Å². The summed E-state index contributed by atoms with van der Waals surface area (Å²) in [6.07, 6.45) is 2.67. The van der Waals surface area contributed by atoms with Gasteiger partial charge in [0.2, 0.25) is 5.91 Å². The molecule has 2 N–H and O–H groups in total. The molecule has 6 heteroatoms. The molecule has 0 saturated carbocycles. The Morgan fingerprint density at radius 2 is 2.26 bits per heavy atom. The molecular formula is C13H16N2O3S. The standard InChI is InChI=1S/C13H16N2O3S/c14-12(16)9-7-15(4-5-18-9)13(17)11-6-8-2-1-3-10(8)19-11/h6,9H,1-5,7H2,(H2,14,16). The first-order valence-electron chi connectivity index (χ1n) is 6.47. The molecular weight excluding hydrogens is 264 g/mol.